The van der Waals surface area contributed by atoms with Gasteiger partial charge in [0.15, 0.2) is 0 Å². The van der Waals surface area contributed by atoms with E-state index in [1.807, 2.05) is 0 Å². The molecule has 0 amide bonds. The fourth-order valence-corrected chi connectivity index (χ4v) is 9.58. The Balaban J connectivity index is 1.04. The first-order valence-electron chi connectivity index (χ1n) is 19.8. The van der Waals surface area contributed by atoms with Gasteiger partial charge in [-0.3, -0.25) is 0 Å². The van der Waals surface area contributed by atoms with Crippen LogP contribution in [0.25, 0.3) is 88.0 Å². The number of rotatable bonds is 7. The zero-order valence-electron chi connectivity index (χ0n) is 31.0. The summed E-state index contributed by atoms with van der Waals surface area (Å²) in [6, 6.07) is 59.9. The lowest BCUT2D eigenvalue weighted by molar-refractivity contribution is 1.13. The van der Waals surface area contributed by atoms with Crippen LogP contribution in [0.15, 0.2) is 158 Å². The summed E-state index contributed by atoms with van der Waals surface area (Å²) in [5.74, 6) is 1.26. The summed E-state index contributed by atoms with van der Waals surface area (Å²) >= 11 is 0. The van der Waals surface area contributed by atoms with Crippen molar-refractivity contribution >= 4 is 32.3 Å². The quantitative estimate of drug-likeness (QED) is 0.146. The van der Waals surface area contributed by atoms with Gasteiger partial charge < -0.3 is 0 Å². The van der Waals surface area contributed by atoms with E-state index in [9.17, 15) is 0 Å². The van der Waals surface area contributed by atoms with Crippen LogP contribution >= 0.6 is 0 Å². The smallest absolute Gasteiger partial charge is 0.00203 e. The summed E-state index contributed by atoms with van der Waals surface area (Å²) in [5, 5.41) is 8.04. The SMILES string of the molecule is Cc1ccccc1-c1cccc(-c2ccc(-c3ccc4ccc5c(-c6cccc(-c7ccccc7C)c6C6CC6)ccc6ccc3c4c65)cc2)c1C1CC1. The van der Waals surface area contributed by atoms with Crippen molar-refractivity contribution < 1.29 is 0 Å². The summed E-state index contributed by atoms with van der Waals surface area (Å²) in [6.45, 7) is 4.48. The van der Waals surface area contributed by atoms with E-state index in [-0.39, 0.29) is 0 Å². The van der Waals surface area contributed by atoms with Crippen LogP contribution in [0.4, 0.5) is 0 Å². The highest BCUT2D eigenvalue weighted by Crippen LogP contribution is 2.52. The highest BCUT2D eigenvalue weighted by molar-refractivity contribution is 6.27. The van der Waals surface area contributed by atoms with E-state index < -0.39 is 0 Å². The Morgan fingerprint density at radius 3 is 1.22 bits per heavy atom. The van der Waals surface area contributed by atoms with Crippen molar-refractivity contribution in [1.29, 1.82) is 0 Å². The van der Waals surface area contributed by atoms with Crippen LogP contribution in [-0.2, 0) is 0 Å². The van der Waals surface area contributed by atoms with E-state index in [2.05, 4.69) is 172 Å². The molecule has 54 heavy (non-hydrogen) atoms. The predicted octanol–water partition coefficient (Wildman–Crippen LogP) is 15.3. The fraction of sp³-hybridized carbons (Fsp3) is 0.148. The minimum Gasteiger partial charge on any atom is -0.0620 e. The molecule has 11 rings (SSSR count). The van der Waals surface area contributed by atoms with E-state index in [0.717, 1.165) is 0 Å². The molecule has 0 aliphatic heterocycles. The van der Waals surface area contributed by atoms with Gasteiger partial charge in [0.25, 0.3) is 0 Å². The molecule has 0 heterocycles. The first-order chi connectivity index (χ1) is 26.6. The lowest BCUT2D eigenvalue weighted by Gasteiger charge is -2.20. The number of hydrogen-bond acceptors (Lipinski definition) is 0. The third-order valence-corrected chi connectivity index (χ3v) is 12.5. The van der Waals surface area contributed by atoms with Crippen molar-refractivity contribution in [3.8, 4) is 55.6 Å². The Kier molecular flexibility index (Phi) is 7.18. The van der Waals surface area contributed by atoms with Crippen LogP contribution < -0.4 is 0 Å². The number of hydrogen-bond donors (Lipinski definition) is 0. The molecule has 0 nitrogen and oxygen atoms in total. The summed E-state index contributed by atoms with van der Waals surface area (Å²) in [4.78, 5) is 0. The Bertz CT molecular complexity index is 2900. The van der Waals surface area contributed by atoms with Crippen LogP contribution in [0, 0.1) is 13.8 Å². The van der Waals surface area contributed by atoms with E-state index >= 15 is 0 Å². The molecular formula is C54H42. The van der Waals surface area contributed by atoms with E-state index in [1.54, 1.807) is 0 Å². The van der Waals surface area contributed by atoms with E-state index in [0.29, 0.717) is 11.8 Å². The molecule has 2 aliphatic rings. The van der Waals surface area contributed by atoms with Crippen LogP contribution in [0.1, 0.15) is 59.8 Å². The van der Waals surface area contributed by atoms with Gasteiger partial charge in [-0.05, 0) is 162 Å². The normalized spacial score (nSPS) is 14.4. The molecule has 258 valence electrons. The molecule has 0 aromatic heterocycles. The standard InChI is InChI=1S/C54H42/c1-33-9-3-5-11-41(33)46-14-7-13-44(51(46)37-21-22-37)36-19-17-35(18-20-36)43-29-25-39-28-32-50-45(30-26-40-27-31-49(43)53(39)54(40)50)48-16-8-15-47(52(48)38-23-24-38)42-12-6-4-10-34(42)2/h3-20,25-32,37-38H,21-24H2,1-2H3. The average molecular weight is 691 g/mol. The average Bonchev–Trinajstić information content (AvgIpc) is 4.16. The molecule has 2 saturated carbocycles. The molecule has 2 aliphatic carbocycles. The van der Waals surface area contributed by atoms with Crippen molar-refractivity contribution in [2.75, 3.05) is 0 Å². The summed E-state index contributed by atoms with van der Waals surface area (Å²) < 4.78 is 0. The fourth-order valence-electron chi connectivity index (χ4n) is 9.58. The van der Waals surface area contributed by atoms with Gasteiger partial charge in [-0.15, -0.1) is 0 Å². The van der Waals surface area contributed by atoms with Gasteiger partial charge >= 0.3 is 0 Å². The van der Waals surface area contributed by atoms with Gasteiger partial charge in [0.2, 0.25) is 0 Å². The lowest BCUT2D eigenvalue weighted by atomic mass is 9.83. The zero-order chi connectivity index (χ0) is 35.9. The van der Waals surface area contributed by atoms with Gasteiger partial charge in [0.1, 0.15) is 0 Å². The summed E-state index contributed by atoms with van der Waals surface area (Å²) in [7, 11) is 0. The molecule has 0 radical (unpaired) electrons. The molecule has 0 N–H and O–H groups in total. The molecule has 0 saturated heterocycles. The maximum atomic E-state index is 2.38. The summed E-state index contributed by atoms with van der Waals surface area (Å²) in [5.41, 5.74) is 19.2. The maximum absolute atomic E-state index is 2.38. The van der Waals surface area contributed by atoms with Crippen molar-refractivity contribution in [2.24, 2.45) is 0 Å². The zero-order valence-corrected chi connectivity index (χ0v) is 31.0. The van der Waals surface area contributed by atoms with Crippen LogP contribution in [0.5, 0.6) is 0 Å². The van der Waals surface area contributed by atoms with Crippen molar-refractivity contribution in [3.63, 3.8) is 0 Å². The molecule has 0 spiro atoms. The molecule has 2 fully saturated rings. The Labute approximate surface area is 318 Å². The molecule has 0 bridgehead atoms. The Morgan fingerprint density at radius 1 is 0.315 bits per heavy atom. The van der Waals surface area contributed by atoms with Crippen molar-refractivity contribution in [3.05, 3.63) is 180 Å². The highest BCUT2D eigenvalue weighted by atomic mass is 14.4. The molecule has 9 aromatic carbocycles. The maximum Gasteiger partial charge on any atom is -0.00203 e. The first-order valence-corrected chi connectivity index (χ1v) is 19.8. The predicted molar refractivity (Wildman–Crippen MR) is 231 cm³/mol. The second kappa shape index (κ2) is 12.3. The minimum absolute atomic E-state index is 0.620. The van der Waals surface area contributed by atoms with Gasteiger partial charge in [-0.1, -0.05) is 158 Å². The minimum atomic E-state index is 0.620. The Morgan fingerprint density at radius 2 is 0.704 bits per heavy atom. The molecular weight excluding hydrogens is 649 g/mol. The lowest BCUT2D eigenvalue weighted by Crippen LogP contribution is -1.96. The van der Waals surface area contributed by atoms with Crippen LogP contribution in [0.3, 0.4) is 0 Å². The second-order valence-electron chi connectivity index (χ2n) is 15.9. The number of aryl methyl sites for hydroxylation is 2. The van der Waals surface area contributed by atoms with Gasteiger partial charge in [-0.2, -0.15) is 0 Å². The van der Waals surface area contributed by atoms with Gasteiger partial charge in [-0.25, -0.2) is 0 Å². The van der Waals surface area contributed by atoms with Crippen LogP contribution in [0.2, 0.25) is 0 Å². The first kappa shape index (κ1) is 31.5. The van der Waals surface area contributed by atoms with Gasteiger partial charge in [0, 0.05) is 0 Å². The second-order valence-corrected chi connectivity index (χ2v) is 15.9. The highest BCUT2D eigenvalue weighted by Gasteiger charge is 2.31. The van der Waals surface area contributed by atoms with E-state index in [1.165, 1.54) is 136 Å². The third-order valence-electron chi connectivity index (χ3n) is 12.5. The van der Waals surface area contributed by atoms with Crippen LogP contribution in [-0.4, -0.2) is 0 Å². The molecule has 0 heteroatoms. The number of benzene rings is 9. The monoisotopic (exact) mass is 690 g/mol. The molecule has 9 aromatic rings. The topological polar surface area (TPSA) is 0 Å². The van der Waals surface area contributed by atoms with Crippen molar-refractivity contribution in [1.82, 2.24) is 0 Å². The van der Waals surface area contributed by atoms with Crippen molar-refractivity contribution in [2.45, 2.75) is 51.4 Å². The Hall–Kier alpha value is -5.98. The van der Waals surface area contributed by atoms with E-state index in [4.69, 9.17) is 0 Å². The molecule has 0 atom stereocenters. The largest absolute Gasteiger partial charge is 0.0620 e. The third kappa shape index (κ3) is 5.04. The van der Waals surface area contributed by atoms with Gasteiger partial charge in [0.05, 0.1) is 0 Å². The molecule has 0 unspecified atom stereocenters. The summed E-state index contributed by atoms with van der Waals surface area (Å²) in [6.07, 6.45) is 5.09.